The fourth-order valence-corrected chi connectivity index (χ4v) is 1.45. The van der Waals surface area contributed by atoms with Crippen LogP contribution in [-0.2, 0) is 9.53 Å². The highest BCUT2D eigenvalue weighted by Gasteiger charge is 2.05. The highest BCUT2D eigenvalue weighted by Crippen LogP contribution is 2.03. The molecule has 0 radical (unpaired) electrons. The van der Waals surface area contributed by atoms with Gasteiger partial charge in [0.15, 0.2) is 6.10 Å². The predicted molar refractivity (Wildman–Crippen MR) is 67.0 cm³/mol. The van der Waals surface area contributed by atoms with Gasteiger partial charge in [-0.15, -0.1) is 0 Å². The Bertz CT molecular complexity index is 235. The first kappa shape index (κ1) is 15.0. The van der Waals surface area contributed by atoms with Crippen LogP contribution < -0.4 is 0 Å². The fraction of sp³-hybridized carbons (Fsp3) is 0.786. The van der Waals surface area contributed by atoms with E-state index < -0.39 is 0 Å². The molecule has 0 aliphatic rings. The van der Waals surface area contributed by atoms with Gasteiger partial charge in [-0.2, -0.15) is 0 Å². The molecule has 0 aromatic rings. The normalized spacial score (nSPS) is 11.4. The second kappa shape index (κ2) is 10.5. The van der Waals surface area contributed by atoms with Crippen molar-refractivity contribution >= 4 is 5.97 Å². The minimum atomic E-state index is -0.237. The molecule has 0 aliphatic carbocycles. The van der Waals surface area contributed by atoms with Crippen LogP contribution in [0.2, 0.25) is 0 Å². The van der Waals surface area contributed by atoms with E-state index in [1.165, 1.54) is 26.2 Å². The monoisotopic (exact) mass is 224 g/mol. The minimum absolute atomic E-state index is 0.200. The van der Waals surface area contributed by atoms with Gasteiger partial charge in [-0.1, -0.05) is 51.4 Å². The van der Waals surface area contributed by atoms with Crippen LogP contribution in [0.3, 0.4) is 0 Å². The van der Waals surface area contributed by atoms with E-state index in [4.69, 9.17) is 4.74 Å². The lowest BCUT2D eigenvalue weighted by Gasteiger charge is -2.08. The van der Waals surface area contributed by atoms with Crippen LogP contribution in [0.15, 0.2) is 0 Å². The Kier molecular flexibility index (Phi) is 9.91. The number of carbonyl (C=O) groups excluding carboxylic acids is 1. The molecule has 0 saturated carbocycles. The smallest absolute Gasteiger partial charge is 0.303 e. The van der Waals surface area contributed by atoms with E-state index in [0.717, 1.165) is 25.7 Å². The zero-order valence-electron chi connectivity index (χ0n) is 10.8. The predicted octanol–water partition coefficient (Wildman–Crippen LogP) is 3.69. The molecule has 2 nitrogen and oxygen atoms in total. The molecule has 0 amide bonds. The third-order valence-corrected chi connectivity index (χ3v) is 2.28. The zero-order valence-corrected chi connectivity index (χ0v) is 10.8. The molecule has 0 fully saturated rings. The molecule has 2 heteroatoms. The minimum Gasteiger partial charge on any atom is -0.449 e. The number of ether oxygens (including phenoxy) is 1. The van der Waals surface area contributed by atoms with Crippen molar-refractivity contribution in [3.8, 4) is 11.8 Å². The van der Waals surface area contributed by atoms with Crippen LogP contribution in [-0.4, -0.2) is 12.1 Å². The molecule has 0 spiro atoms. The van der Waals surface area contributed by atoms with Gasteiger partial charge in [-0.05, 0) is 12.8 Å². The lowest BCUT2D eigenvalue weighted by molar-refractivity contribution is -0.143. The van der Waals surface area contributed by atoms with E-state index in [0.29, 0.717) is 0 Å². The van der Waals surface area contributed by atoms with Crippen LogP contribution in [0, 0.1) is 11.8 Å². The molecule has 0 heterocycles. The van der Waals surface area contributed by atoms with Gasteiger partial charge < -0.3 is 4.74 Å². The van der Waals surface area contributed by atoms with E-state index >= 15 is 0 Å². The molecule has 0 rings (SSSR count). The fourth-order valence-electron chi connectivity index (χ4n) is 1.45. The van der Waals surface area contributed by atoms with Crippen molar-refractivity contribution in [2.45, 2.75) is 71.8 Å². The van der Waals surface area contributed by atoms with Gasteiger partial charge in [-0.25, -0.2) is 0 Å². The van der Waals surface area contributed by atoms with Crippen LogP contribution in [0.25, 0.3) is 0 Å². The summed E-state index contributed by atoms with van der Waals surface area (Å²) in [5.74, 6) is 5.91. The Balaban J connectivity index is 3.79. The molecule has 0 aromatic heterocycles. The average molecular weight is 224 g/mol. The van der Waals surface area contributed by atoms with Gasteiger partial charge in [-0.3, -0.25) is 4.79 Å². The summed E-state index contributed by atoms with van der Waals surface area (Å²) in [7, 11) is 0. The molecule has 0 aromatic carbocycles. The average Bonchev–Trinajstić information content (AvgIpc) is 2.22. The first-order chi connectivity index (χ1) is 7.70. The van der Waals surface area contributed by atoms with Crippen LogP contribution in [0.5, 0.6) is 0 Å². The number of esters is 1. The van der Waals surface area contributed by atoms with Crippen molar-refractivity contribution in [2.75, 3.05) is 0 Å². The van der Waals surface area contributed by atoms with E-state index in [2.05, 4.69) is 25.7 Å². The lowest BCUT2D eigenvalue weighted by Crippen LogP contribution is -2.13. The Hall–Kier alpha value is -0.970. The highest BCUT2D eigenvalue weighted by molar-refractivity contribution is 5.66. The molecule has 0 N–H and O–H groups in total. The Labute approximate surface area is 99.8 Å². The second-order valence-corrected chi connectivity index (χ2v) is 4.02. The summed E-state index contributed by atoms with van der Waals surface area (Å²) in [6, 6.07) is 0. The van der Waals surface area contributed by atoms with Gasteiger partial charge in [0.1, 0.15) is 0 Å². The maximum atomic E-state index is 10.8. The maximum absolute atomic E-state index is 10.8. The van der Waals surface area contributed by atoms with Crippen molar-refractivity contribution in [3.63, 3.8) is 0 Å². The number of hydrogen-bond donors (Lipinski definition) is 0. The molecular weight excluding hydrogens is 200 g/mol. The molecular formula is C14H24O2. The molecule has 0 bridgehead atoms. The lowest BCUT2D eigenvalue weighted by atomic mass is 10.1. The Morgan fingerprint density at radius 2 is 1.94 bits per heavy atom. The van der Waals surface area contributed by atoms with Gasteiger partial charge >= 0.3 is 5.97 Å². The molecule has 0 saturated heterocycles. The first-order valence-electron chi connectivity index (χ1n) is 6.36. The number of rotatable bonds is 7. The van der Waals surface area contributed by atoms with Crippen molar-refractivity contribution in [2.24, 2.45) is 0 Å². The van der Waals surface area contributed by atoms with Crippen molar-refractivity contribution in [1.82, 2.24) is 0 Å². The quantitative estimate of drug-likeness (QED) is 0.374. The molecule has 92 valence electrons. The summed E-state index contributed by atoms with van der Waals surface area (Å²) < 4.78 is 5.11. The van der Waals surface area contributed by atoms with E-state index in [1.54, 1.807) is 0 Å². The summed E-state index contributed by atoms with van der Waals surface area (Å²) in [6.07, 6.45) is 7.47. The van der Waals surface area contributed by atoms with E-state index in [1.807, 2.05) is 0 Å². The standard InChI is InChI=1S/C14H24O2/c1-4-6-7-8-9-10-12-14(11-5-2)16-13(3)15/h14H,4-9,11H2,1-3H3. The number of carbonyl (C=O) groups is 1. The second-order valence-electron chi connectivity index (χ2n) is 4.02. The molecule has 1 unspecified atom stereocenters. The largest absolute Gasteiger partial charge is 0.449 e. The van der Waals surface area contributed by atoms with Gasteiger partial charge in [0, 0.05) is 13.3 Å². The summed E-state index contributed by atoms with van der Waals surface area (Å²) in [5.41, 5.74) is 0. The molecule has 1 atom stereocenters. The summed E-state index contributed by atoms with van der Waals surface area (Å²) >= 11 is 0. The van der Waals surface area contributed by atoms with Gasteiger partial charge in [0.2, 0.25) is 0 Å². The molecule has 16 heavy (non-hydrogen) atoms. The SMILES string of the molecule is CCCCCCC#CC(CCC)OC(C)=O. The van der Waals surface area contributed by atoms with Crippen molar-refractivity contribution in [3.05, 3.63) is 0 Å². The molecule has 0 aliphatic heterocycles. The Morgan fingerprint density at radius 3 is 2.50 bits per heavy atom. The Morgan fingerprint density at radius 1 is 1.19 bits per heavy atom. The third kappa shape index (κ3) is 9.58. The van der Waals surface area contributed by atoms with Gasteiger partial charge in [0.25, 0.3) is 0 Å². The number of unbranched alkanes of at least 4 members (excludes halogenated alkanes) is 4. The van der Waals surface area contributed by atoms with Crippen LogP contribution >= 0.6 is 0 Å². The first-order valence-corrected chi connectivity index (χ1v) is 6.36. The summed E-state index contributed by atoms with van der Waals surface area (Å²) in [5, 5.41) is 0. The van der Waals surface area contributed by atoms with Crippen LogP contribution in [0.1, 0.15) is 65.7 Å². The maximum Gasteiger partial charge on any atom is 0.303 e. The summed E-state index contributed by atoms with van der Waals surface area (Å²) in [6.45, 7) is 5.70. The topological polar surface area (TPSA) is 26.3 Å². The highest BCUT2D eigenvalue weighted by atomic mass is 16.5. The van der Waals surface area contributed by atoms with Crippen LogP contribution in [0.4, 0.5) is 0 Å². The van der Waals surface area contributed by atoms with Crippen molar-refractivity contribution < 1.29 is 9.53 Å². The van der Waals surface area contributed by atoms with Gasteiger partial charge in [0.05, 0.1) is 0 Å². The van der Waals surface area contributed by atoms with E-state index in [9.17, 15) is 4.79 Å². The number of hydrogen-bond acceptors (Lipinski definition) is 2. The van der Waals surface area contributed by atoms with E-state index in [-0.39, 0.29) is 12.1 Å². The third-order valence-electron chi connectivity index (χ3n) is 2.28. The summed E-state index contributed by atoms with van der Waals surface area (Å²) in [4.78, 5) is 10.8. The van der Waals surface area contributed by atoms with Crippen molar-refractivity contribution in [1.29, 1.82) is 0 Å². The zero-order chi connectivity index (χ0) is 12.2.